The van der Waals surface area contributed by atoms with Crippen LogP contribution in [0.25, 0.3) is 16.8 Å². The number of imidazole rings is 1. The average Bonchev–Trinajstić information content (AvgIpc) is 3.41. The number of amides is 1. The smallest absolute Gasteiger partial charge is 0.328 e. The zero-order valence-electron chi connectivity index (χ0n) is 18.0. The van der Waals surface area contributed by atoms with Gasteiger partial charge in [0.1, 0.15) is 11.3 Å². The van der Waals surface area contributed by atoms with Crippen LogP contribution in [-0.2, 0) is 25.8 Å². The fourth-order valence-corrected chi connectivity index (χ4v) is 4.49. The number of alkyl halides is 3. The van der Waals surface area contributed by atoms with E-state index in [9.17, 15) is 18.0 Å². The number of rotatable bonds is 3. The van der Waals surface area contributed by atoms with Gasteiger partial charge in [0.25, 0.3) is 5.91 Å². The van der Waals surface area contributed by atoms with Crippen molar-refractivity contribution in [3.63, 3.8) is 0 Å². The SMILES string of the molecule is Cc1cc(Cl)ccc1-c1cn2c(C(=O)N3CCn4c(nnc4C(F)(F)F)C3)cnc2cc1CN. The highest BCUT2D eigenvalue weighted by atomic mass is 35.5. The summed E-state index contributed by atoms with van der Waals surface area (Å²) in [5.74, 6) is -1.33. The lowest BCUT2D eigenvalue weighted by Gasteiger charge is -2.27. The molecule has 4 heterocycles. The number of fused-ring (bicyclic) bond motifs is 2. The lowest BCUT2D eigenvalue weighted by atomic mass is 9.97. The molecule has 5 rings (SSSR count). The summed E-state index contributed by atoms with van der Waals surface area (Å²) in [6.07, 6.45) is -1.34. The van der Waals surface area contributed by atoms with E-state index in [2.05, 4.69) is 15.2 Å². The third-order valence-electron chi connectivity index (χ3n) is 5.94. The minimum absolute atomic E-state index is 0.0494. The molecule has 34 heavy (non-hydrogen) atoms. The summed E-state index contributed by atoms with van der Waals surface area (Å²) >= 11 is 6.11. The normalized spacial score (nSPS) is 14.0. The molecule has 0 saturated heterocycles. The van der Waals surface area contributed by atoms with E-state index < -0.39 is 12.0 Å². The van der Waals surface area contributed by atoms with Gasteiger partial charge in [-0.1, -0.05) is 17.7 Å². The minimum atomic E-state index is -4.60. The Morgan fingerprint density at radius 1 is 1.18 bits per heavy atom. The number of halogens is 4. The van der Waals surface area contributed by atoms with E-state index in [1.165, 1.54) is 11.1 Å². The van der Waals surface area contributed by atoms with Crippen LogP contribution < -0.4 is 5.73 Å². The maximum Gasteiger partial charge on any atom is 0.451 e. The van der Waals surface area contributed by atoms with Crippen LogP contribution in [0.1, 0.15) is 33.3 Å². The van der Waals surface area contributed by atoms with Gasteiger partial charge in [-0.15, -0.1) is 10.2 Å². The van der Waals surface area contributed by atoms with E-state index >= 15 is 0 Å². The molecule has 2 N–H and O–H groups in total. The summed E-state index contributed by atoms with van der Waals surface area (Å²) in [5, 5.41) is 7.52. The molecule has 4 aromatic rings. The van der Waals surface area contributed by atoms with Crippen molar-refractivity contribution in [3.8, 4) is 11.1 Å². The molecule has 0 unspecified atom stereocenters. The molecule has 0 fully saturated rings. The average molecular weight is 490 g/mol. The summed E-state index contributed by atoms with van der Waals surface area (Å²) in [6, 6.07) is 7.35. The second kappa shape index (κ2) is 8.10. The standard InChI is InChI=1S/C22H19ClF3N7O/c1-12-6-14(23)2-3-15(12)16-10-33-17(9-28-18(33)7-13(16)8-27)20(34)31-4-5-32-19(11-31)29-30-21(32)22(24,25)26/h2-3,6-7,9-10H,4-5,8,11,27H2,1H3. The second-order valence-electron chi connectivity index (χ2n) is 8.06. The molecule has 0 saturated carbocycles. The number of nitrogens with zero attached hydrogens (tertiary/aromatic N) is 6. The molecule has 1 aromatic carbocycles. The first-order valence-electron chi connectivity index (χ1n) is 10.4. The lowest BCUT2D eigenvalue weighted by molar-refractivity contribution is -0.147. The number of aryl methyl sites for hydroxylation is 1. The fraction of sp³-hybridized carbons (Fsp3) is 0.273. The Balaban J connectivity index is 1.52. The third-order valence-corrected chi connectivity index (χ3v) is 6.18. The number of hydrogen-bond acceptors (Lipinski definition) is 5. The Morgan fingerprint density at radius 3 is 2.68 bits per heavy atom. The van der Waals surface area contributed by atoms with Crippen molar-refractivity contribution < 1.29 is 18.0 Å². The number of carbonyl (C=O) groups is 1. The number of aromatic nitrogens is 5. The summed E-state index contributed by atoms with van der Waals surface area (Å²) in [5.41, 5.74) is 10.4. The molecule has 8 nitrogen and oxygen atoms in total. The summed E-state index contributed by atoms with van der Waals surface area (Å²) in [4.78, 5) is 19.1. The highest BCUT2D eigenvalue weighted by molar-refractivity contribution is 6.30. The largest absolute Gasteiger partial charge is 0.451 e. The van der Waals surface area contributed by atoms with E-state index in [0.717, 1.165) is 26.8 Å². The maximum atomic E-state index is 13.3. The molecule has 0 atom stereocenters. The molecule has 0 bridgehead atoms. The van der Waals surface area contributed by atoms with Gasteiger partial charge in [-0.25, -0.2) is 4.98 Å². The summed E-state index contributed by atoms with van der Waals surface area (Å²) in [6.45, 7) is 2.16. The van der Waals surface area contributed by atoms with Crippen LogP contribution in [0.2, 0.25) is 5.02 Å². The quantitative estimate of drug-likeness (QED) is 0.473. The van der Waals surface area contributed by atoms with Gasteiger partial charge in [0, 0.05) is 36.4 Å². The fourth-order valence-electron chi connectivity index (χ4n) is 4.26. The lowest BCUT2D eigenvalue weighted by Crippen LogP contribution is -2.39. The second-order valence-corrected chi connectivity index (χ2v) is 8.50. The van der Waals surface area contributed by atoms with E-state index in [1.54, 1.807) is 10.5 Å². The van der Waals surface area contributed by atoms with Crippen molar-refractivity contribution in [3.05, 3.63) is 70.2 Å². The van der Waals surface area contributed by atoms with Crippen LogP contribution in [0, 0.1) is 6.92 Å². The number of benzene rings is 1. The van der Waals surface area contributed by atoms with Crippen molar-refractivity contribution in [2.45, 2.75) is 32.7 Å². The van der Waals surface area contributed by atoms with Gasteiger partial charge in [-0.2, -0.15) is 13.2 Å². The molecule has 0 spiro atoms. The zero-order valence-corrected chi connectivity index (χ0v) is 18.7. The highest BCUT2D eigenvalue weighted by Crippen LogP contribution is 2.31. The maximum absolute atomic E-state index is 13.3. The first kappa shape index (κ1) is 22.4. The molecule has 1 aliphatic rings. The minimum Gasteiger partial charge on any atom is -0.328 e. The molecule has 0 aliphatic carbocycles. The van der Waals surface area contributed by atoms with Gasteiger partial charge in [0.2, 0.25) is 5.82 Å². The molecular formula is C22H19ClF3N7O. The molecule has 12 heteroatoms. The van der Waals surface area contributed by atoms with E-state index in [4.69, 9.17) is 17.3 Å². The molecule has 1 amide bonds. The summed E-state index contributed by atoms with van der Waals surface area (Å²) < 4.78 is 42.0. The Kier molecular flexibility index (Phi) is 5.33. The van der Waals surface area contributed by atoms with Crippen molar-refractivity contribution in [2.75, 3.05) is 6.54 Å². The van der Waals surface area contributed by atoms with Crippen molar-refractivity contribution in [1.29, 1.82) is 0 Å². The van der Waals surface area contributed by atoms with Crippen LogP contribution in [-0.4, -0.2) is 41.5 Å². The van der Waals surface area contributed by atoms with Crippen LogP contribution >= 0.6 is 11.6 Å². The van der Waals surface area contributed by atoms with Gasteiger partial charge in [0.05, 0.1) is 12.7 Å². The van der Waals surface area contributed by atoms with Crippen LogP contribution in [0.4, 0.5) is 13.2 Å². The molecule has 3 aromatic heterocycles. The first-order valence-corrected chi connectivity index (χ1v) is 10.8. The van der Waals surface area contributed by atoms with Gasteiger partial charge in [-0.05, 0) is 41.8 Å². The van der Waals surface area contributed by atoms with Gasteiger partial charge in [0.15, 0.2) is 5.82 Å². The molecule has 1 aliphatic heterocycles. The predicted molar refractivity (Wildman–Crippen MR) is 118 cm³/mol. The van der Waals surface area contributed by atoms with Crippen LogP contribution in [0.3, 0.4) is 0 Å². The van der Waals surface area contributed by atoms with Crippen LogP contribution in [0.15, 0.2) is 36.7 Å². The van der Waals surface area contributed by atoms with Crippen molar-refractivity contribution in [1.82, 2.24) is 29.0 Å². The molecule has 0 radical (unpaired) electrons. The van der Waals surface area contributed by atoms with Crippen molar-refractivity contribution in [2.24, 2.45) is 5.73 Å². The monoisotopic (exact) mass is 489 g/mol. The number of carbonyl (C=O) groups excluding carboxylic acids is 1. The number of pyridine rings is 1. The first-order chi connectivity index (χ1) is 16.2. The van der Waals surface area contributed by atoms with E-state index in [1.807, 2.05) is 31.3 Å². The highest BCUT2D eigenvalue weighted by Gasteiger charge is 2.40. The molecular weight excluding hydrogens is 471 g/mol. The number of nitrogens with two attached hydrogens (primary N) is 1. The topological polar surface area (TPSA) is 94.3 Å². The Bertz CT molecular complexity index is 1430. The van der Waals surface area contributed by atoms with E-state index in [-0.39, 0.29) is 43.6 Å². The van der Waals surface area contributed by atoms with Gasteiger partial charge >= 0.3 is 6.18 Å². The van der Waals surface area contributed by atoms with Gasteiger partial charge < -0.3 is 15.2 Å². The van der Waals surface area contributed by atoms with E-state index in [0.29, 0.717) is 10.7 Å². The van der Waals surface area contributed by atoms with Crippen LogP contribution in [0.5, 0.6) is 0 Å². The zero-order chi connectivity index (χ0) is 24.2. The Hall–Kier alpha value is -3.44. The predicted octanol–water partition coefficient (Wildman–Crippen LogP) is 3.69. The Labute approximate surface area is 196 Å². The van der Waals surface area contributed by atoms with Gasteiger partial charge in [-0.3, -0.25) is 9.20 Å². The third kappa shape index (κ3) is 3.70. The van der Waals surface area contributed by atoms with Crippen molar-refractivity contribution >= 4 is 23.2 Å². The Morgan fingerprint density at radius 2 is 1.97 bits per heavy atom. The molecule has 176 valence electrons. The number of hydrogen-bond donors (Lipinski definition) is 1. The summed E-state index contributed by atoms with van der Waals surface area (Å²) in [7, 11) is 0.